The van der Waals surface area contributed by atoms with Crippen LogP contribution in [-0.4, -0.2) is 31.4 Å². The van der Waals surface area contributed by atoms with E-state index in [2.05, 4.69) is 20.5 Å². The lowest BCUT2D eigenvalue weighted by Gasteiger charge is -2.09. The number of carbonyl (C=O) groups excluding carboxylic acids is 1. The molecule has 0 saturated carbocycles. The fourth-order valence-electron chi connectivity index (χ4n) is 2.71. The van der Waals surface area contributed by atoms with Gasteiger partial charge >= 0.3 is 0 Å². The number of halogens is 2. The van der Waals surface area contributed by atoms with Gasteiger partial charge in [0.15, 0.2) is 11.0 Å². The summed E-state index contributed by atoms with van der Waals surface area (Å²) in [4.78, 5) is 16.4. The molecule has 4 rings (SSSR count). The molecule has 0 fully saturated rings. The Morgan fingerprint density at radius 1 is 1.10 bits per heavy atom. The van der Waals surface area contributed by atoms with Crippen molar-refractivity contribution in [3.05, 3.63) is 76.9 Å². The van der Waals surface area contributed by atoms with Crippen LogP contribution in [0.1, 0.15) is 5.76 Å². The predicted molar refractivity (Wildman–Crippen MR) is 117 cm³/mol. The van der Waals surface area contributed by atoms with E-state index in [0.717, 1.165) is 11.3 Å². The Morgan fingerprint density at radius 2 is 1.93 bits per heavy atom. The zero-order valence-corrected chi connectivity index (χ0v) is 17.8. The minimum Gasteiger partial charge on any atom is -0.467 e. The average molecular weight is 460 g/mol. The number of nitrogens with zero attached hydrogens (tertiary/aromatic N) is 4. The first kappa shape index (κ1) is 20.5. The molecule has 0 atom stereocenters. The second-order valence-electron chi connectivity index (χ2n) is 6.17. The molecule has 1 N–H and O–H groups in total. The largest absolute Gasteiger partial charge is 0.467 e. The van der Waals surface area contributed by atoms with Crippen LogP contribution < -0.4 is 5.32 Å². The summed E-state index contributed by atoms with van der Waals surface area (Å²) < 4.78 is 7.39. The van der Waals surface area contributed by atoms with E-state index in [-0.39, 0.29) is 11.7 Å². The number of aromatic nitrogens is 4. The summed E-state index contributed by atoms with van der Waals surface area (Å²) in [6, 6.07) is 12.3. The fourth-order valence-corrected chi connectivity index (χ4v) is 3.75. The van der Waals surface area contributed by atoms with E-state index in [1.807, 2.05) is 28.8 Å². The highest BCUT2D eigenvalue weighted by molar-refractivity contribution is 7.99. The molecule has 1 amide bonds. The van der Waals surface area contributed by atoms with E-state index in [1.54, 1.807) is 36.9 Å². The Hall–Kier alpha value is -2.81. The zero-order chi connectivity index (χ0) is 20.9. The van der Waals surface area contributed by atoms with Gasteiger partial charge in [-0.15, -0.1) is 10.2 Å². The van der Waals surface area contributed by atoms with Crippen LogP contribution in [0.3, 0.4) is 0 Å². The Labute approximate surface area is 186 Å². The van der Waals surface area contributed by atoms with Crippen molar-refractivity contribution in [2.75, 3.05) is 11.1 Å². The van der Waals surface area contributed by atoms with Gasteiger partial charge in [0, 0.05) is 23.6 Å². The van der Waals surface area contributed by atoms with E-state index in [1.165, 1.54) is 11.8 Å². The number of anilines is 1. The van der Waals surface area contributed by atoms with Crippen LogP contribution in [0.15, 0.2) is 70.7 Å². The van der Waals surface area contributed by atoms with Gasteiger partial charge in [-0.25, -0.2) is 0 Å². The Kier molecular flexibility index (Phi) is 6.37. The first-order valence-corrected chi connectivity index (χ1v) is 10.6. The molecule has 0 aliphatic carbocycles. The van der Waals surface area contributed by atoms with Crippen LogP contribution in [-0.2, 0) is 11.3 Å². The number of hydrogen-bond acceptors (Lipinski definition) is 6. The quantitative estimate of drug-likeness (QED) is 0.390. The van der Waals surface area contributed by atoms with Gasteiger partial charge in [-0.2, -0.15) is 0 Å². The van der Waals surface area contributed by atoms with Crippen molar-refractivity contribution in [1.82, 2.24) is 19.7 Å². The van der Waals surface area contributed by atoms with Crippen molar-refractivity contribution in [1.29, 1.82) is 0 Å². The third-order valence-electron chi connectivity index (χ3n) is 4.09. The second kappa shape index (κ2) is 9.34. The molecule has 0 bridgehead atoms. The fraction of sp³-hybridized carbons (Fsp3) is 0.100. The van der Waals surface area contributed by atoms with Gasteiger partial charge < -0.3 is 9.73 Å². The van der Waals surface area contributed by atoms with Gasteiger partial charge in [-0.05, 0) is 42.5 Å². The maximum atomic E-state index is 12.4. The Bertz CT molecular complexity index is 1150. The van der Waals surface area contributed by atoms with Gasteiger partial charge in [0.05, 0.1) is 28.6 Å². The molecule has 4 aromatic rings. The number of nitrogens with one attached hydrogen (secondary N) is 1. The van der Waals surface area contributed by atoms with Crippen LogP contribution in [0, 0.1) is 0 Å². The highest BCUT2D eigenvalue weighted by Gasteiger charge is 2.17. The average Bonchev–Trinajstić information content (AvgIpc) is 3.40. The number of amides is 1. The monoisotopic (exact) mass is 459 g/mol. The summed E-state index contributed by atoms with van der Waals surface area (Å²) in [5, 5.41) is 12.8. The van der Waals surface area contributed by atoms with E-state index in [9.17, 15) is 4.79 Å². The number of pyridine rings is 1. The molecule has 0 radical (unpaired) electrons. The summed E-state index contributed by atoms with van der Waals surface area (Å²) >= 11 is 13.2. The minimum absolute atomic E-state index is 0.146. The van der Waals surface area contributed by atoms with Crippen molar-refractivity contribution in [2.24, 2.45) is 0 Å². The van der Waals surface area contributed by atoms with Crippen LogP contribution in [0.2, 0.25) is 10.0 Å². The third-order valence-corrected chi connectivity index (χ3v) is 5.79. The number of hydrogen-bond donors (Lipinski definition) is 1. The standard InChI is InChI=1S/C20H15Cl2N5O2S/c21-16-4-3-14(10-17(16)22)24-18(28)12-30-20-26-25-19(13-5-7-23-8-6-13)27(20)11-15-2-1-9-29-15/h1-10H,11-12H2,(H,24,28). The minimum atomic E-state index is -0.198. The van der Waals surface area contributed by atoms with E-state index >= 15 is 0 Å². The lowest BCUT2D eigenvalue weighted by atomic mass is 10.2. The normalized spacial score (nSPS) is 10.9. The van der Waals surface area contributed by atoms with Crippen molar-refractivity contribution in [2.45, 2.75) is 11.7 Å². The smallest absolute Gasteiger partial charge is 0.234 e. The number of thioether (sulfide) groups is 1. The molecule has 0 unspecified atom stereocenters. The van der Waals surface area contributed by atoms with Gasteiger partial charge in [0.25, 0.3) is 0 Å². The molecule has 0 spiro atoms. The zero-order valence-electron chi connectivity index (χ0n) is 15.5. The highest BCUT2D eigenvalue weighted by Crippen LogP contribution is 2.27. The SMILES string of the molecule is O=C(CSc1nnc(-c2ccncc2)n1Cc1ccco1)Nc1ccc(Cl)c(Cl)c1. The first-order chi connectivity index (χ1) is 14.6. The lowest BCUT2D eigenvalue weighted by Crippen LogP contribution is -2.14. The lowest BCUT2D eigenvalue weighted by molar-refractivity contribution is -0.113. The molecule has 10 heteroatoms. The van der Waals surface area contributed by atoms with Gasteiger partial charge in [-0.3, -0.25) is 14.3 Å². The number of benzene rings is 1. The second-order valence-corrected chi connectivity index (χ2v) is 7.93. The van der Waals surface area contributed by atoms with E-state index in [4.69, 9.17) is 27.6 Å². The molecular formula is C20H15Cl2N5O2S. The molecule has 3 aromatic heterocycles. The summed E-state index contributed by atoms with van der Waals surface area (Å²) in [5.74, 6) is 1.37. The number of furan rings is 1. The van der Waals surface area contributed by atoms with Crippen molar-refractivity contribution in [3.8, 4) is 11.4 Å². The molecule has 0 aliphatic rings. The van der Waals surface area contributed by atoms with Crippen molar-refractivity contribution >= 4 is 46.6 Å². The van der Waals surface area contributed by atoms with Gasteiger partial charge in [0.2, 0.25) is 5.91 Å². The van der Waals surface area contributed by atoms with Crippen molar-refractivity contribution in [3.63, 3.8) is 0 Å². The molecule has 1 aromatic carbocycles. The Morgan fingerprint density at radius 3 is 2.67 bits per heavy atom. The van der Waals surface area contributed by atoms with Gasteiger partial charge in [0.1, 0.15) is 5.76 Å². The summed E-state index contributed by atoms with van der Waals surface area (Å²) in [5.41, 5.74) is 1.45. The molecule has 7 nitrogen and oxygen atoms in total. The van der Waals surface area contributed by atoms with E-state index < -0.39 is 0 Å². The van der Waals surface area contributed by atoms with E-state index in [0.29, 0.717) is 33.3 Å². The Balaban J connectivity index is 1.51. The summed E-state index contributed by atoms with van der Waals surface area (Å²) in [7, 11) is 0. The summed E-state index contributed by atoms with van der Waals surface area (Å²) in [6.07, 6.45) is 5.00. The van der Waals surface area contributed by atoms with Gasteiger partial charge in [-0.1, -0.05) is 35.0 Å². The van der Waals surface area contributed by atoms with Crippen LogP contribution >= 0.6 is 35.0 Å². The topological polar surface area (TPSA) is 85.8 Å². The molecule has 152 valence electrons. The van der Waals surface area contributed by atoms with Crippen LogP contribution in [0.5, 0.6) is 0 Å². The van der Waals surface area contributed by atoms with Crippen LogP contribution in [0.25, 0.3) is 11.4 Å². The molecule has 30 heavy (non-hydrogen) atoms. The summed E-state index contributed by atoms with van der Waals surface area (Å²) in [6.45, 7) is 0.439. The maximum Gasteiger partial charge on any atom is 0.234 e. The number of rotatable bonds is 7. The van der Waals surface area contributed by atoms with Crippen molar-refractivity contribution < 1.29 is 9.21 Å². The molecule has 3 heterocycles. The molecular weight excluding hydrogens is 445 g/mol. The molecule has 0 saturated heterocycles. The predicted octanol–water partition coefficient (Wildman–Crippen LogP) is 5.02. The van der Waals surface area contributed by atoms with Crippen LogP contribution in [0.4, 0.5) is 5.69 Å². The highest BCUT2D eigenvalue weighted by atomic mass is 35.5. The number of carbonyl (C=O) groups is 1. The molecule has 0 aliphatic heterocycles. The maximum absolute atomic E-state index is 12.4. The third kappa shape index (κ3) is 4.84. The first-order valence-electron chi connectivity index (χ1n) is 8.84.